The third-order valence-electron chi connectivity index (χ3n) is 2.43. The van der Waals surface area contributed by atoms with Crippen LogP contribution >= 0.6 is 0 Å². The topological polar surface area (TPSA) is 78.3 Å². The maximum Gasteiger partial charge on any atom is 0.324 e. The maximum absolute atomic E-state index is 11.5. The van der Waals surface area contributed by atoms with Crippen LogP contribution in [0.5, 0.6) is 0 Å². The van der Waals surface area contributed by atoms with E-state index < -0.39 is 12.0 Å². The Labute approximate surface area is 95.6 Å². The van der Waals surface area contributed by atoms with Gasteiger partial charge < -0.3 is 16.2 Å². The van der Waals surface area contributed by atoms with Crippen LogP contribution in [-0.4, -0.2) is 18.1 Å². The number of carbonyl (C=O) groups excluding carboxylic acids is 1. The van der Waals surface area contributed by atoms with E-state index in [-0.39, 0.29) is 12.6 Å². The second-order valence-electron chi connectivity index (χ2n) is 3.69. The van der Waals surface area contributed by atoms with E-state index in [0.29, 0.717) is 6.42 Å². The molecule has 0 aliphatic heterocycles. The predicted octanol–water partition coefficient (Wildman–Crippen LogP) is 0.794. The zero-order valence-corrected chi connectivity index (χ0v) is 9.43. The van der Waals surface area contributed by atoms with Crippen molar-refractivity contribution in [1.82, 2.24) is 0 Å². The molecule has 1 rings (SSSR count). The van der Waals surface area contributed by atoms with Crippen molar-refractivity contribution in [2.75, 3.05) is 0 Å². The molecule has 0 aliphatic carbocycles. The third kappa shape index (κ3) is 3.64. The number of ether oxygens (including phenoxy) is 1. The number of carbonyl (C=O) groups is 1. The molecule has 0 heterocycles. The van der Waals surface area contributed by atoms with Gasteiger partial charge in [-0.2, -0.15) is 0 Å². The summed E-state index contributed by atoms with van der Waals surface area (Å²) in [6.07, 6.45) is 0.654. The van der Waals surface area contributed by atoms with Gasteiger partial charge in [0.25, 0.3) is 0 Å². The first kappa shape index (κ1) is 12.7. The molecular weight excluding hydrogens is 204 g/mol. The van der Waals surface area contributed by atoms with Gasteiger partial charge in [0.1, 0.15) is 12.6 Å². The Balaban J connectivity index is 2.41. The number of hydrogen-bond acceptors (Lipinski definition) is 4. The molecule has 4 nitrogen and oxygen atoms in total. The van der Waals surface area contributed by atoms with Crippen molar-refractivity contribution in [3.05, 3.63) is 35.9 Å². The standard InChI is InChI=1S/C12H18N2O2/c1-2-10(13)11(14)12(15)16-8-9-6-4-3-5-7-9/h3-7,10-11H,2,8,13-14H2,1H3/t10-,11-/m0/s1. The summed E-state index contributed by atoms with van der Waals surface area (Å²) < 4.78 is 5.07. The van der Waals surface area contributed by atoms with Crippen molar-refractivity contribution in [2.45, 2.75) is 32.0 Å². The zero-order valence-electron chi connectivity index (χ0n) is 9.43. The monoisotopic (exact) mass is 222 g/mol. The third-order valence-corrected chi connectivity index (χ3v) is 2.43. The second-order valence-corrected chi connectivity index (χ2v) is 3.69. The number of hydrogen-bond donors (Lipinski definition) is 2. The van der Waals surface area contributed by atoms with Crippen LogP contribution in [0.25, 0.3) is 0 Å². The van der Waals surface area contributed by atoms with Crippen molar-refractivity contribution < 1.29 is 9.53 Å². The lowest BCUT2D eigenvalue weighted by Gasteiger charge is -2.16. The summed E-state index contributed by atoms with van der Waals surface area (Å²) in [5.74, 6) is -0.446. The van der Waals surface area contributed by atoms with Crippen molar-refractivity contribution in [3.8, 4) is 0 Å². The highest BCUT2D eigenvalue weighted by atomic mass is 16.5. The van der Waals surface area contributed by atoms with Crippen LogP contribution < -0.4 is 11.5 Å². The molecule has 0 saturated carbocycles. The van der Waals surface area contributed by atoms with Crippen LogP contribution in [0.3, 0.4) is 0 Å². The molecule has 0 aromatic heterocycles. The highest BCUT2D eigenvalue weighted by molar-refractivity contribution is 5.76. The lowest BCUT2D eigenvalue weighted by molar-refractivity contribution is -0.147. The molecule has 0 fully saturated rings. The van der Waals surface area contributed by atoms with Gasteiger partial charge in [-0.05, 0) is 12.0 Å². The minimum Gasteiger partial charge on any atom is -0.460 e. The zero-order chi connectivity index (χ0) is 12.0. The summed E-state index contributed by atoms with van der Waals surface area (Å²) in [4.78, 5) is 11.5. The van der Waals surface area contributed by atoms with Crippen molar-refractivity contribution >= 4 is 5.97 Å². The predicted molar refractivity (Wildman–Crippen MR) is 62.5 cm³/mol. The fourth-order valence-corrected chi connectivity index (χ4v) is 1.25. The Kier molecular flexibility index (Phi) is 4.95. The van der Waals surface area contributed by atoms with Gasteiger partial charge in [-0.15, -0.1) is 0 Å². The first-order chi connectivity index (χ1) is 7.65. The molecule has 0 amide bonds. The maximum atomic E-state index is 11.5. The van der Waals surface area contributed by atoms with Crippen LogP contribution in [0.4, 0.5) is 0 Å². The highest BCUT2D eigenvalue weighted by Gasteiger charge is 2.21. The van der Waals surface area contributed by atoms with Gasteiger partial charge in [-0.1, -0.05) is 37.3 Å². The Morgan fingerprint density at radius 3 is 2.50 bits per heavy atom. The molecule has 4 N–H and O–H groups in total. The summed E-state index contributed by atoms with van der Waals surface area (Å²) in [5.41, 5.74) is 12.2. The Morgan fingerprint density at radius 2 is 1.94 bits per heavy atom. The summed E-state index contributed by atoms with van der Waals surface area (Å²) in [5, 5.41) is 0. The van der Waals surface area contributed by atoms with E-state index in [4.69, 9.17) is 16.2 Å². The van der Waals surface area contributed by atoms with Crippen LogP contribution in [0, 0.1) is 0 Å². The molecule has 2 atom stereocenters. The second kappa shape index (κ2) is 6.25. The van der Waals surface area contributed by atoms with Gasteiger partial charge in [0.15, 0.2) is 0 Å². The molecule has 4 heteroatoms. The molecule has 16 heavy (non-hydrogen) atoms. The van der Waals surface area contributed by atoms with Crippen LogP contribution in [0.1, 0.15) is 18.9 Å². The molecule has 1 aromatic carbocycles. The van der Waals surface area contributed by atoms with E-state index in [0.717, 1.165) is 5.56 Å². The average Bonchev–Trinajstić information content (AvgIpc) is 2.35. The molecule has 0 unspecified atom stereocenters. The molecule has 0 aliphatic rings. The number of rotatable bonds is 5. The largest absolute Gasteiger partial charge is 0.460 e. The van der Waals surface area contributed by atoms with E-state index in [1.165, 1.54) is 0 Å². The summed E-state index contributed by atoms with van der Waals surface area (Å²) in [6.45, 7) is 2.12. The van der Waals surface area contributed by atoms with Crippen molar-refractivity contribution in [1.29, 1.82) is 0 Å². The minimum atomic E-state index is -0.742. The molecule has 0 spiro atoms. The van der Waals surface area contributed by atoms with Crippen LogP contribution in [-0.2, 0) is 16.1 Å². The van der Waals surface area contributed by atoms with Crippen LogP contribution in [0.15, 0.2) is 30.3 Å². The lowest BCUT2D eigenvalue weighted by Crippen LogP contribution is -2.47. The van der Waals surface area contributed by atoms with Gasteiger partial charge in [0.05, 0.1) is 0 Å². The highest BCUT2D eigenvalue weighted by Crippen LogP contribution is 2.03. The van der Waals surface area contributed by atoms with Crippen molar-refractivity contribution in [3.63, 3.8) is 0 Å². The van der Waals surface area contributed by atoms with Gasteiger partial charge in [0.2, 0.25) is 0 Å². The Hall–Kier alpha value is -1.39. The number of esters is 1. The first-order valence-corrected chi connectivity index (χ1v) is 5.37. The first-order valence-electron chi connectivity index (χ1n) is 5.37. The van der Waals surface area contributed by atoms with E-state index in [1.807, 2.05) is 37.3 Å². The average molecular weight is 222 g/mol. The van der Waals surface area contributed by atoms with E-state index in [1.54, 1.807) is 0 Å². The minimum absolute atomic E-state index is 0.240. The number of benzene rings is 1. The fourth-order valence-electron chi connectivity index (χ4n) is 1.25. The van der Waals surface area contributed by atoms with E-state index in [2.05, 4.69) is 0 Å². The van der Waals surface area contributed by atoms with Gasteiger partial charge in [0, 0.05) is 6.04 Å². The summed E-state index contributed by atoms with van der Waals surface area (Å²) in [7, 11) is 0. The van der Waals surface area contributed by atoms with Crippen molar-refractivity contribution in [2.24, 2.45) is 11.5 Å². The molecular formula is C12H18N2O2. The Morgan fingerprint density at radius 1 is 1.31 bits per heavy atom. The molecule has 1 aromatic rings. The van der Waals surface area contributed by atoms with Gasteiger partial charge in [-0.25, -0.2) is 0 Å². The lowest BCUT2D eigenvalue weighted by atomic mass is 10.1. The fraction of sp³-hybridized carbons (Fsp3) is 0.417. The SMILES string of the molecule is CC[C@H](N)[C@H](N)C(=O)OCc1ccccc1. The van der Waals surface area contributed by atoms with Crippen LogP contribution in [0.2, 0.25) is 0 Å². The van der Waals surface area contributed by atoms with E-state index in [9.17, 15) is 4.79 Å². The molecule has 88 valence electrons. The quantitative estimate of drug-likeness (QED) is 0.722. The Bertz CT molecular complexity index is 327. The van der Waals surface area contributed by atoms with E-state index >= 15 is 0 Å². The molecule has 0 bridgehead atoms. The smallest absolute Gasteiger partial charge is 0.324 e. The summed E-state index contributed by atoms with van der Waals surface area (Å²) >= 11 is 0. The van der Waals surface area contributed by atoms with Gasteiger partial charge >= 0.3 is 5.97 Å². The summed E-state index contributed by atoms with van der Waals surface area (Å²) in [6, 6.07) is 8.38. The van der Waals surface area contributed by atoms with Gasteiger partial charge in [-0.3, -0.25) is 4.79 Å². The molecule has 0 saturated heterocycles. The molecule has 0 radical (unpaired) electrons. The normalized spacial score (nSPS) is 14.2. The number of nitrogens with two attached hydrogens (primary N) is 2.